The molecule has 0 aromatic heterocycles. The maximum atomic E-state index is 13.3. The molecule has 0 saturated carbocycles. The highest BCUT2D eigenvalue weighted by atomic mass is 19.1. The highest BCUT2D eigenvalue weighted by molar-refractivity contribution is 5.96. The van der Waals surface area contributed by atoms with Crippen molar-refractivity contribution in [3.8, 4) is 0 Å². The normalized spacial score (nSPS) is 11.7. The lowest BCUT2D eigenvalue weighted by atomic mass is 10.1. The van der Waals surface area contributed by atoms with E-state index >= 15 is 0 Å². The van der Waals surface area contributed by atoms with Crippen molar-refractivity contribution in [2.24, 2.45) is 0 Å². The monoisotopic (exact) mass is 270 g/mol. The van der Waals surface area contributed by atoms with Crippen molar-refractivity contribution in [2.75, 3.05) is 0 Å². The summed E-state index contributed by atoms with van der Waals surface area (Å²) < 4.78 is 13.3. The Hall–Kier alpha value is -2.51. The third kappa shape index (κ3) is 3.47. The highest BCUT2D eigenvalue weighted by Crippen LogP contribution is 2.18. The predicted molar refractivity (Wildman–Crippen MR) is 62.2 cm³/mol. The van der Waals surface area contributed by atoms with Crippen LogP contribution < -0.4 is 5.32 Å². The summed E-state index contributed by atoms with van der Waals surface area (Å²) in [6.07, 6.45) is 0.163. The van der Waals surface area contributed by atoms with Crippen LogP contribution in [0, 0.1) is 15.9 Å². The molecule has 0 aliphatic rings. The molecule has 0 aliphatic heterocycles. The molecule has 102 valence electrons. The van der Waals surface area contributed by atoms with Crippen LogP contribution in [0.2, 0.25) is 0 Å². The maximum absolute atomic E-state index is 13.3. The number of carbonyl (C=O) groups excluding carboxylic acids is 1. The molecule has 1 amide bonds. The van der Waals surface area contributed by atoms with Gasteiger partial charge in [-0.15, -0.1) is 0 Å². The first kappa shape index (κ1) is 14.6. The summed E-state index contributed by atoms with van der Waals surface area (Å²) in [6, 6.07) is 1.52. The third-order valence-corrected chi connectivity index (χ3v) is 2.42. The van der Waals surface area contributed by atoms with Gasteiger partial charge in [-0.2, -0.15) is 4.39 Å². The molecular weight excluding hydrogens is 259 g/mol. The van der Waals surface area contributed by atoms with E-state index in [1.807, 2.05) is 0 Å². The number of hydrogen-bond donors (Lipinski definition) is 2. The Bertz CT molecular complexity index is 532. The summed E-state index contributed by atoms with van der Waals surface area (Å²) in [5.41, 5.74) is -0.926. The van der Waals surface area contributed by atoms with Gasteiger partial charge in [0.05, 0.1) is 4.92 Å². The Morgan fingerprint density at radius 3 is 2.58 bits per heavy atom. The number of rotatable bonds is 5. The van der Waals surface area contributed by atoms with Crippen molar-refractivity contribution in [3.63, 3.8) is 0 Å². The van der Waals surface area contributed by atoms with Gasteiger partial charge >= 0.3 is 11.7 Å². The number of benzene rings is 1. The van der Waals surface area contributed by atoms with Gasteiger partial charge in [0, 0.05) is 11.6 Å². The first-order valence-electron chi connectivity index (χ1n) is 5.34. The molecular formula is C11H11FN2O5. The fourth-order valence-electron chi connectivity index (χ4n) is 1.38. The van der Waals surface area contributed by atoms with E-state index in [2.05, 4.69) is 5.32 Å². The molecule has 1 rings (SSSR count). The van der Waals surface area contributed by atoms with Gasteiger partial charge in [-0.25, -0.2) is 4.79 Å². The Morgan fingerprint density at radius 2 is 2.16 bits per heavy atom. The molecule has 0 unspecified atom stereocenters. The summed E-state index contributed by atoms with van der Waals surface area (Å²) >= 11 is 0. The van der Waals surface area contributed by atoms with Gasteiger partial charge in [0.25, 0.3) is 5.91 Å². The summed E-state index contributed by atoms with van der Waals surface area (Å²) in [5.74, 6) is -3.16. The van der Waals surface area contributed by atoms with Gasteiger partial charge in [-0.1, -0.05) is 6.92 Å². The Morgan fingerprint density at radius 1 is 1.53 bits per heavy atom. The molecule has 0 fully saturated rings. The molecule has 19 heavy (non-hydrogen) atoms. The standard InChI is InChI=1S/C11H11FN2O5/c1-2-8(11(16)17)13-10(15)6-3-4-9(14(18)19)7(12)5-6/h3-5,8H,2H2,1H3,(H,13,15)(H,16,17)/t8-/m0/s1. The second kappa shape index (κ2) is 5.89. The summed E-state index contributed by atoms with van der Waals surface area (Å²) in [5, 5.41) is 21.3. The smallest absolute Gasteiger partial charge is 0.326 e. The molecule has 0 radical (unpaired) electrons. The molecule has 2 N–H and O–H groups in total. The number of hydrogen-bond acceptors (Lipinski definition) is 4. The number of carboxylic acids is 1. The quantitative estimate of drug-likeness (QED) is 0.619. The number of carbonyl (C=O) groups is 2. The van der Waals surface area contributed by atoms with Gasteiger partial charge in [-0.05, 0) is 18.6 Å². The highest BCUT2D eigenvalue weighted by Gasteiger charge is 2.21. The van der Waals surface area contributed by atoms with E-state index in [1.54, 1.807) is 6.92 Å². The molecule has 0 bridgehead atoms. The average Bonchev–Trinajstić information content (AvgIpc) is 2.34. The van der Waals surface area contributed by atoms with Gasteiger partial charge < -0.3 is 10.4 Å². The number of halogens is 1. The number of carboxylic acid groups (broad SMARTS) is 1. The summed E-state index contributed by atoms with van der Waals surface area (Å²) in [7, 11) is 0. The largest absolute Gasteiger partial charge is 0.480 e. The van der Waals surface area contributed by atoms with E-state index in [0.29, 0.717) is 6.07 Å². The van der Waals surface area contributed by atoms with Gasteiger partial charge in [-0.3, -0.25) is 14.9 Å². The topological polar surface area (TPSA) is 110 Å². The maximum Gasteiger partial charge on any atom is 0.326 e. The predicted octanol–water partition coefficient (Wildman–Crippen LogP) is 1.33. The van der Waals surface area contributed by atoms with Crippen molar-refractivity contribution >= 4 is 17.6 Å². The fourth-order valence-corrected chi connectivity index (χ4v) is 1.38. The number of amides is 1. The first-order chi connectivity index (χ1) is 8.86. The van der Waals surface area contributed by atoms with Crippen LogP contribution in [0.15, 0.2) is 18.2 Å². The molecule has 0 spiro atoms. The Balaban J connectivity index is 2.92. The van der Waals surface area contributed by atoms with Crippen molar-refractivity contribution < 1.29 is 24.0 Å². The van der Waals surface area contributed by atoms with E-state index in [1.165, 1.54) is 0 Å². The number of nitrogens with one attached hydrogen (secondary N) is 1. The number of aliphatic carboxylic acids is 1. The van der Waals surface area contributed by atoms with E-state index in [4.69, 9.17) is 5.11 Å². The van der Waals surface area contributed by atoms with Gasteiger partial charge in [0.15, 0.2) is 0 Å². The minimum absolute atomic E-state index is 0.163. The lowest BCUT2D eigenvalue weighted by Gasteiger charge is -2.12. The molecule has 0 saturated heterocycles. The van der Waals surface area contributed by atoms with Crippen LogP contribution in [0.5, 0.6) is 0 Å². The first-order valence-corrected chi connectivity index (χ1v) is 5.34. The zero-order chi connectivity index (χ0) is 14.6. The Kier molecular flexibility index (Phi) is 4.51. The van der Waals surface area contributed by atoms with Crippen molar-refractivity contribution in [3.05, 3.63) is 39.7 Å². The van der Waals surface area contributed by atoms with Crippen LogP contribution in [-0.2, 0) is 4.79 Å². The molecule has 8 heteroatoms. The second-order valence-electron chi connectivity index (χ2n) is 3.70. The van der Waals surface area contributed by atoms with Crippen LogP contribution >= 0.6 is 0 Å². The number of nitro benzene ring substituents is 1. The minimum atomic E-state index is -1.21. The Labute approximate surface area is 107 Å². The van der Waals surface area contributed by atoms with Crippen molar-refractivity contribution in [2.45, 2.75) is 19.4 Å². The van der Waals surface area contributed by atoms with E-state index in [-0.39, 0.29) is 12.0 Å². The molecule has 7 nitrogen and oxygen atoms in total. The van der Waals surface area contributed by atoms with Gasteiger partial charge in [0.1, 0.15) is 6.04 Å². The van der Waals surface area contributed by atoms with E-state index < -0.39 is 34.3 Å². The number of nitro groups is 1. The lowest BCUT2D eigenvalue weighted by molar-refractivity contribution is -0.387. The lowest BCUT2D eigenvalue weighted by Crippen LogP contribution is -2.40. The van der Waals surface area contributed by atoms with Crippen LogP contribution in [0.3, 0.4) is 0 Å². The molecule has 1 aromatic carbocycles. The zero-order valence-electron chi connectivity index (χ0n) is 9.92. The molecule has 0 heterocycles. The molecule has 1 atom stereocenters. The van der Waals surface area contributed by atoms with Crippen LogP contribution in [0.1, 0.15) is 23.7 Å². The van der Waals surface area contributed by atoms with Crippen LogP contribution in [-0.4, -0.2) is 27.9 Å². The SMILES string of the molecule is CC[C@H](NC(=O)c1ccc([N+](=O)[O-])c(F)c1)C(=O)O. The minimum Gasteiger partial charge on any atom is -0.480 e. The van der Waals surface area contributed by atoms with E-state index in [0.717, 1.165) is 12.1 Å². The zero-order valence-corrected chi connectivity index (χ0v) is 9.92. The second-order valence-corrected chi connectivity index (χ2v) is 3.70. The van der Waals surface area contributed by atoms with Crippen molar-refractivity contribution in [1.29, 1.82) is 0 Å². The summed E-state index contributed by atoms with van der Waals surface area (Å²) in [4.78, 5) is 31.9. The average molecular weight is 270 g/mol. The van der Waals surface area contributed by atoms with Crippen LogP contribution in [0.4, 0.5) is 10.1 Å². The number of nitrogens with zero attached hydrogens (tertiary/aromatic N) is 1. The summed E-state index contributed by atoms with van der Waals surface area (Å²) in [6.45, 7) is 1.56. The molecule has 0 aliphatic carbocycles. The van der Waals surface area contributed by atoms with Crippen LogP contribution in [0.25, 0.3) is 0 Å². The van der Waals surface area contributed by atoms with Crippen molar-refractivity contribution in [1.82, 2.24) is 5.32 Å². The third-order valence-electron chi connectivity index (χ3n) is 2.42. The molecule has 1 aromatic rings. The van der Waals surface area contributed by atoms with E-state index in [9.17, 15) is 24.1 Å². The van der Waals surface area contributed by atoms with Gasteiger partial charge in [0.2, 0.25) is 5.82 Å². The fraction of sp³-hybridized carbons (Fsp3) is 0.273.